The average molecular weight is 312 g/mol. The summed E-state index contributed by atoms with van der Waals surface area (Å²) in [6.45, 7) is 4.04. The molecule has 0 saturated carbocycles. The Labute approximate surface area is 135 Å². The van der Waals surface area contributed by atoms with Crippen LogP contribution >= 0.6 is 0 Å². The van der Waals surface area contributed by atoms with Gasteiger partial charge in [0.15, 0.2) is 5.88 Å². The van der Waals surface area contributed by atoms with E-state index in [0.29, 0.717) is 11.3 Å². The van der Waals surface area contributed by atoms with Gasteiger partial charge >= 0.3 is 5.97 Å². The van der Waals surface area contributed by atoms with Gasteiger partial charge < -0.3 is 14.1 Å². The molecule has 120 valence electrons. The first kappa shape index (κ1) is 15.3. The van der Waals surface area contributed by atoms with Crippen molar-refractivity contribution in [1.82, 2.24) is 0 Å². The number of aliphatic imine (C=N–C) groups is 1. The average Bonchev–Trinajstić information content (AvgIpc) is 3.24. The molecular weight excluding hydrogens is 292 g/mol. The molecule has 0 amide bonds. The Bertz CT molecular complexity index is 728. The maximum absolute atomic E-state index is 11.6. The number of carbonyl (C=O) groups is 1. The van der Waals surface area contributed by atoms with Crippen molar-refractivity contribution in [2.24, 2.45) is 4.99 Å². The first-order valence-electron chi connectivity index (χ1n) is 7.75. The quantitative estimate of drug-likeness (QED) is 0.637. The third kappa shape index (κ3) is 3.44. The van der Waals surface area contributed by atoms with Crippen molar-refractivity contribution in [2.75, 3.05) is 25.1 Å². The van der Waals surface area contributed by atoms with Crippen molar-refractivity contribution in [3.63, 3.8) is 0 Å². The molecule has 0 unspecified atom stereocenters. The Kier molecular flexibility index (Phi) is 4.46. The van der Waals surface area contributed by atoms with Gasteiger partial charge in [0.2, 0.25) is 0 Å². The lowest BCUT2D eigenvalue weighted by Crippen LogP contribution is -2.16. The van der Waals surface area contributed by atoms with Crippen LogP contribution in [-0.4, -0.2) is 32.4 Å². The molecule has 0 radical (unpaired) electrons. The summed E-state index contributed by atoms with van der Waals surface area (Å²) in [5, 5.41) is 0. The molecule has 2 aromatic rings. The van der Waals surface area contributed by atoms with Crippen molar-refractivity contribution >= 4 is 23.8 Å². The number of esters is 1. The van der Waals surface area contributed by atoms with E-state index < -0.39 is 0 Å². The molecule has 0 N–H and O–H groups in total. The second kappa shape index (κ2) is 6.69. The lowest BCUT2D eigenvalue weighted by Gasteiger charge is -2.12. The summed E-state index contributed by atoms with van der Waals surface area (Å²) in [6.07, 6.45) is 4.11. The highest BCUT2D eigenvalue weighted by Gasteiger charge is 2.15. The molecule has 0 atom stereocenters. The van der Waals surface area contributed by atoms with Gasteiger partial charge in [-0.25, -0.2) is 4.79 Å². The highest BCUT2D eigenvalue weighted by molar-refractivity contribution is 5.91. The molecule has 5 nitrogen and oxygen atoms in total. The number of hydrogen-bond donors (Lipinski definition) is 0. The van der Waals surface area contributed by atoms with Crippen molar-refractivity contribution in [3.05, 3.63) is 47.2 Å². The first-order chi connectivity index (χ1) is 11.2. The molecule has 2 heterocycles. The van der Waals surface area contributed by atoms with E-state index in [9.17, 15) is 4.79 Å². The van der Waals surface area contributed by atoms with Crippen LogP contribution in [0.15, 0.2) is 39.7 Å². The summed E-state index contributed by atoms with van der Waals surface area (Å²) in [4.78, 5) is 18.3. The summed E-state index contributed by atoms with van der Waals surface area (Å²) >= 11 is 0. The largest absolute Gasteiger partial charge is 0.465 e. The first-order valence-corrected chi connectivity index (χ1v) is 7.75. The smallest absolute Gasteiger partial charge is 0.337 e. The number of ether oxygens (including phenoxy) is 1. The molecule has 5 heteroatoms. The third-order valence-electron chi connectivity index (χ3n) is 3.99. The minimum Gasteiger partial charge on any atom is -0.465 e. The molecule has 1 aliphatic heterocycles. The highest BCUT2D eigenvalue weighted by Crippen LogP contribution is 2.24. The number of aryl methyl sites for hydroxylation is 1. The number of carbonyl (C=O) groups excluding carboxylic acids is 1. The molecule has 23 heavy (non-hydrogen) atoms. The minimum atomic E-state index is -0.365. The zero-order valence-corrected chi connectivity index (χ0v) is 13.4. The number of nitrogens with zero attached hydrogens (tertiary/aromatic N) is 2. The minimum absolute atomic E-state index is 0.365. The van der Waals surface area contributed by atoms with Crippen molar-refractivity contribution in [1.29, 1.82) is 0 Å². The van der Waals surface area contributed by atoms with Gasteiger partial charge in [-0.2, -0.15) is 0 Å². The Hall–Kier alpha value is -2.56. The van der Waals surface area contributed by atoms with E-state index in [1.54, 1.807) is 18.3 Å². The van der Waals surface area contributed by atoms with Gasteiger partial charge in [0.25, 0.3) is 0 Å². The topological polar surface area (TPSA) is 55.0 Å². The monoisotopic (exact) mass is 312 g/mol. The lowest BCUT2D eigenvalue weighted by molar-refractivity contribution is 0.0601. The number of anilines is 1. The summed E-state index contributed by atoms with van der Waals surface area (Å²) in [5.74, 6) is 1.23. The van der Waals surface area contributed by atoms with Crippen LogP contribution < -0.4 is 4.90 Å². The van der Waals surface area contributed by atoms with E-state index in [4.69, 9.17) is 9.15 Å². The van der Waals surface area contributed by atoms with Gasteiger partial charge in [0, 0.05) is 19.2 Å². The predicted octanol–water partition coefficient (Wildman–Crippen LogP) is 3.73. The fourth-order valence-electron chi connectivity index (χ4n) is 2.65. The van der Waals surface area contributed by atoms with Gasteiger partial charge in [-0.15, -0.1) is 0 Å². The molecule has 1 aromatic heterocycles. The van der Waals surface area contributed by atoms with Crippen molar-refractivity contribution in [3.8, 4) is 0 Å². The Balaban J connectivity index is 1.78. The van der Waals surface area contributed by atoms with Gasteiger partial charge in [0.1, 0.15) is 5.76 Å². The van der Waals surface area contributed by atoms with Gasteiger partial charge in [-0.05, 0) is 43.5 Å². The van der Waals surface area contributed by atoms with Gasteiger partial charge in [-0.3, -0.25) is 4.99 Å². The summed E-state index contributed by atoms with van der Waals surface area (Å²) in [6, 6.07) is 9.21. The lowest BCUT2D eigenvalue weighted by atomic mass is 10.1. The van der Waals surface area contributed by atoms with Crippen molar-refractivity contribution in [2.45, 2.75) is 19.8 Å². The molecule has 1 saturated heterocycles. The standard InChI is InChI=1S/C18H20N2O3/c1-13-5-6-14(18(21)22-2)11-16(13)19-12-15-7-8-17(23-15)20-9-3-4-10-20/h5-8,11-12H,3-4,9-10H2,1-2H3. The maximum Gasteiger partial charge on any atom is 0.337 e. The van der Waals surface area contributed by atoms with Crippen molar-refractivity contribution < 1.29 is 13.9 Å². The third-order valence-corrected chi connectivity index (χ3v) is 3.99. The molecule has 3 rings (SSSR count). The van der Waals surface area contributed by atoms with E-state index in [2.05, 4.69) is 9.89 Å². The highest BCUT2D eigenvalue weighted by atomic mass is 16.5. The van der Waals surface area contributed by atoms with E-state index in [1.165, 1.54) is 20.0 Å². The maximum atomic E-state index is 11.6. The van der Waals surface area contributed by atoms with E-state index in [1.807, 2.05) is 25.1 Å². The van der Waals surface area contributed by atoms with E-state index in [-0.39, 0.29) is 5.97 Å². The fourth-order valence-corrected chi connectivity index (χ4v) is 2.65. The van der Waals surface area contributed by atoms with Crippen LogP contribution in [0.2, 0.25) is 0 Å². The molecule has 1 fully saturated rings. The van der Waals surface area contributed by atoms with Gasteiger partial charge in [-0.1, -0.05) is 6.07 Å². The Morgan fingerprint density at radius 2 is 2.04 bits per heavy atom. The number of furan rings is 1. The van der Waals surface area contributed by atoms with Crippen LogP contribution in [0, 0.1) is 6.92 Å². The second-order valence-electron chi connectivity index (χ2n) is 5.62. The number of hydrogen-bond acceptors (Lipinski definition) is 5. The summed E-state index contributed by atoms with van der Waals surface area (Å²) in [5.41, 5.74) is 2.20. The molecule has 0 spiro atoms. The number of rotatable bonds is 4. The number of methoxy groups -OCH3 is 1. The van der Waals surface area contributed by atoms with Crippen LogP contribution in [0.1, 0.15) is 34.5 Å². The Morgan fingerprint density at radius 1 is 1.26 bits per heavy atom. The SMILES string of the molecule is COC(=O)c1ccc(C)c(N=Cc2ccc(N3CCCC3)o2)c1. The van der Waals surface area contributed by atoms with Crippen LogP contribution in [-0.2, 0) is 4.74 Å². The molecular formula is C18H20N2O3. The molecule has 0 aliphatic carbocycles. The summed E-state index contributed by atoms with van der Waals surface area (Å²) in [7, 11) is 1.37. The van der Waals surface area contributed by atoms with Crippen LogP contribution in [0.3, 0.4) is 0 Å². The van der Waals surface area contributed by atoms with E-state index in [0.717, 1.165) is 30.2 Å². The van der Waals surface area contributed by atoms with E-state index >= 15 is 0 Å². The Morgan fingerprint density at radius 3 is 2.78 bits per heavy atom. The van der Waals surface area contributed by atoms with Crippen LogP contribution in [0.5, 0.6) is 0 Å². The fraction of sp³-hybridized carbons (Fsp3) is 0.333. The van der Waals surface area contributed by atoms with Crippen LogP contribution in [0.4, 0.5) is 11.6 Å². The van der Waals surface area contributed by atoms with Gasteiger partial charge in [0.05, 0.1) is 24.6 Å². The number of benzene rings is 1. The zero-order chi connectivity index (χ0) is 16.2. The molecule has 0 bridgehead atoms. The zero-order valence-electron chi connectivity index (χ0n) is 13.4. The summed E-state index contributed by atoms with van der Waals surface area (Å²) < 4.78 is 10.6. The molecule has 1 aliphatic rings. The predicted molar refractivity (Wildman–Crippen MR) is 89.9 cm³/mol. The second-order valence-corrected chi connectivity index (χ2v) is 5.62. The normalized spacial score (nSPS) is 14.6. The van der Waals surface area contributed by atoms with Crippen LogP contribution in [0.25, 0.3) is 0 Å². The molecule has 1 aromatic carbocycles.